The summed E-state index contributed by atoms with van der Waals surface area (Å²) in [5.41, 5.74) is 0. The van der Waals surface area contributed by atoms with Crippen molar-refractivity contribution >= 4 is 10.8 Å². The highest BCUT2D eigenvalue weighted by molar-refractivity contribution is 7.84. The van der Waals surface area contributed by atoms with Crippen molar-refractivity contribution in [3.05, 3.63) is 0 Å². The zero-order chi connectivity index (χ0) is 9.94. The first-order chi connectivity index (χ1) is 6.31. The van der Waals surface area contributed by atoms with Gasteiger partial charge in [0.25, 0.3) is 0 Å². The third-order valence-electron chi connectivity index (χ3n) is 2.20. The molecule has 0 spiro atoms. The van der Waals surface area contributed by atoms with E-state index in [4.69, 9.17) is 0 Å². The maximum Gasteiger partial charge on any atom is 0.0234 e. The summed E-state index contributed by atoms with van der Waals surface area (Å²) in [5, 5.41) is 0. The zero-order valence-electron chi connectivity index (χ0n) is 9.18. The fourth-order valence-corrected chi connectivity index (χ4v) is 2.56. The summed E-state index contributed by atoms with van der Waals surface area (Å²) in [6.45, 7) is 4.39. The molecular formula is C11H24OS. The number of rotatable bonds is 9. The van der Waals surface area contributed by atoms with Crippen LogP contribution in [0.15, 0.2) is 0 Å². The van der Waals surface area contributed by atoms with Crippen molar-refractivity contribution in [2.45, 2.75) is 58.8 Å². The Balaban J connectivity index is 3.11. The predicted octanol–water partition coefficient (Wildman–Crippen LogP) is 3.51. The third kappa shape index (κ3) is 10.1. The minimum Gasteiger partial charge on any atom is -0.260 e. The molecule has 0 aliphatic carbocycles. The van der Waals surface area contributed by atoms with Crippen LogP contribution in [0.4, 0.5) is 0 Å². The standard InChI is InChI=1S/C11H24OS/c1-3-5-7-9-11-13(12)10-8-6-4-2/h3-11H2,1-2H3. The lowest BCUT2D eigenvalue weighted by Gasteiger charge is -2.01. The molecule has 0 aliphatic heterocycles. The molecule has 1 nitrogen and oxygen atoms in total. The molecule has 0 N–H and O–H groups in total. The van der Waals surface area contributed by atoms with Crippen LogP contribution < -0.4 is 0 Å². The summed E-state index contributed by atoms with van der Waals surface area (Å²) >= 11 is 0. The van der Waals surface area contributed by atoms with Crippen LogP contribution in [0.3, 0.4) is 0 Å². The Bertz CT molecular complexity index is 123. The Morgan fingerprint density at radius 1 is 0.769 bits per heavy atom. The van der Waals surface area contributed by atoms with Gasteiger partial charge in [0.2, 0.25) is 0 Å². The van der Waals surface area contributed by atoms with E-state index in [-0.39, 0.29) is 0 Å². The Morgan fingerprint density at radius 3 is 1.77 bits per heavy atom. The average Bonchev–Trinajstić information content (AvgIpc) is 2.13. The van der Waals surface area contributed by atoms with Crippen LogP contribution in [0.25, 0.3) is 0 Å². The Morgan fingerprint density at radius 2 is 1.23 bits per heavy atom. The number of hydrogen-bond acceptors (Lipinski definition) is 1. The number of unbranched alkanes of at least 4 members (excludes halogenated alkanes) is 5. The molecule has 80 valence electrons. The van der Waals surface area contributed by atoms with Gasteiger partial charge >= 0.3 is 0 Å². The summed E-state index contributed by atoms with van der Waals surface area (Å²) in [7, 11) is -0.525. The van der Waals surface area contributed by atoms with Gasteiger partial charge in [0.05, 0.1) is 0 Å². The molecule has 0 bridgehead atoms. The molecule has 0 fully saturated rings. The van der Waals surface area contributed by atoms with Crippen molar-refractivity contribution in [3.63, 3.8) is 0 Å². The highest BCUT2D eigenvalue weighted by Gasteiger charge is 1.98. The first-order valence-corrected chi connectivity index (χ1v) is 7.15. The molecule has 0 saturated heterocycles. The van der Waals surface area contributed by atoms with Crippen LogP contribution in [-0.2, 0) is 10.8 Å². The van der Waals surface area contributed by atoms with Crippen molar-refractivity contribution in [1.82, 2.24) is 0 Å². The molecule has 0 aliphatic rings. The van der Waals surface area contributed by atoms with Crippen molar-refractivity contribution in [2.24, 2.45) is 0 Å². The van der Waals surface area contributed by atoms with Crippen molar-refractivity contribution < 1.29 is 4.21 Å². The van der Waals surface area contributed by atoms with Crippen LogP contribution in [0, 0.1) is 0 Å². The lowest BCUT2D eigenvalue weighted by molar-refractivity contribution is 0.663. The fraction of sp³-hybridized carbons (Fsp3) is 1.00. The molecule has 0 radical (unpaired) electrons. The van der Waals surface area contributed by atoms with Crippen LogP contribution in [0.1, 0.15) is 58.8 Å². The molecule has 0 aromatic heterocycles. The molecule has 0 amide bonds. The molecule has 0 rings (SSSR count). The molecule has 2 heteroatoms. The topological polar surface area (TPSA) is 17.1 Å². The normalized spacial score (nSPS) is 13.1. The average molecular weight is 204 g/mol. The highest BCUT2D eigenvalue weighted by atomic mass is 32.2. The molecule has 1 atom stereocenters. The SMILES string of the molecule is CCCCCCS(=O)CCCCC. The van der Waals surface area contributed by atoms with Gasteiger partial charge in [-0.15, -0.1) is 0 Å². The molecule has 1 unspecified atom stereocenters. The van der Waals surface area contributed by atoms with Crippen molar-refractivity contribution in [2.75, 3.05) is 11.5 Å². The van der Waals surface area contributed by atoms with E-state index in [0.29, 0.717) is 0 Å². The predicted molar refractivity (Wildman–Crippen MR) is 61.5 cm³/mol. The van der Waals surface area contributed by atoms with Gasteiger partial charge in [-0.1, -0.05) is 46.0 Å². The minimum atomic E-state index is -0.525. The van der Waals surface area contributed by atoms with E-state index in [1.807, 2.05) is 0 Å². The van der Waals surface area contributed by atoms with Crippen LogP contribution >= 0.6 is 0 Å². The summed E-state index contributed by atoms with van der Waals surface area (Å²) in [6.07, 6.45) is 8.60. The minimum absolute atomic E-state index is 0.525. The van der Waals surface area contributed by atoms with Crippen molar-refractivity contribution in [1.29, 1.82) is 0 Å². The summed E-state index contributed by atoms with van der Waals surface area (Å²) in [6, 6.07) is 0. The van der Waals surface area contributed by atoms with E-state index >= 15 is 0 Å². The van der Waals surface area contributed by atoms with Gasteiger partial charge in [0.15, 0.2) is 0 Å². The molecule has 0 heterocycles. The Kier molecular flexibility index (Phi) is 10.4. The van der Waals surface area contributed by atoms with E-state index in [1.54, 1.807) is 0 Å². The van der Waals surface area contributed by atoms with Crippen LogP contribution in [0.2, 0.25) is 0 Å². The quantitative estimate of drug-likeness (QED) is 0.525. The van der Waals surface area contributed by atoms with Gasteiger partial charge in [-0.25, -0.2) is 0 Å². The lowest BCUT2D eigenvalue weighted by Crippen LogP contribution is -2.02. The van der Waals surface area contributed by atoms with Gasteiger partial charge in [-0.2, -0.15) is 0 Å². The second-order valence-electron chi connectivity index (χ2n) is 3.62. The zero-order valence-corrected chi connectivity index (χ0v) is 10.00. The maximum atomic E-state index is 11.4. The van der Waals surface area contributed by atoms with Crippen LogP contribution in [-0.4, -0.2) is 15.7 Å². The van der Waals surface area contributed by atoms with Crippen molar-refractivity contribution in [3.8, 4) is 0 Å². The summed E-state index contributed by atoms with van der Waals surface area (Å²) < 4.78 is 11.4. The lowest BCUT2D eigenvalue weighted by atomic mass is 10.2. The Hall–Kier alpha value is 0.150. The molecule has 0 aromatic carbocycles. The molecule has 0 aromatic rings. The van der Waals surface area contributed by atoms with Gasteiger partial charge in [-0.05, 0) is 12.8 Å². The maximum absolute atomic E-state index is 11.4. The first kappa shape index (κ1) is 13.2. The monoisotopic (exact) mass is 204 g/mol. The van der Waals surface area contributed by atoms with Crippen LogP contribution in [0.5, 0.6) is 0 Å². The number of hydrogen-bond donors (Lipinski definition) is 0. The summed E-state index contributed by atoms with van der Waals surface area (Å²) in [5.74, 6) is 1.86. The van der Waals surface area contributed by atoms with Gasteiger partial charge in [0.1, 0.15) is 0 Å². The molecule has 0 saturated carbocycles. The van der Waals surface area contributed by atoms with E-state index in [0.717, 1.165) is 24.3 Å². The first-order valence-electron chi connectivity index (χ1n) is 5.66. The highest BCUT2D eigenvalue weighted by Crippen LogP contribution is 2.02. The molecule has 13 heavy (non-hydrogen) atoms. The van der Waals surface area contributed by atoms with Gasteiger partial charge in [-0.3, -0.25) is 4.21 Å². The van der Waals surface area contributed by atoms with E-state index < -0.39 is 10.8 Å². The molecular weight excluding hydrogens is 180 g/mol. The largest absolute Gasteiger partial charge is 0.260 e. The van der Waals surface area contributed by atoms with Gasteiger partial charge < -0.3 is 0 Å². The Labute approximate surface area is 85.8 Å². The van der Waals surface area contributed by atoms with E-state index in [9.17, 15) is 4.21 Å². The fourth-order valence-electron chi connectivity index (χ4n) is 1.30. The van der Waals surface area contributed by atoms with E-state index in [1.165, 1.54) is 32.1 Å². The van der Waals surface area contributed by atoms with Gasteiger partial charge in [0, 0.05) is 22.3 Å². The van der Waals surface area contributed by atoms with E-state index in [2.05, 4.69) is 13.8 Å². The summed E-state index contributed by atoms with van der Waals surface area (Å²) in [4.78, 5) is 0. The second kappa shape index (κ2) is 10.2. The second-order valence-corrected chi connectivity index (χ2v) is 5.31. The third-order valence-corrected chi connectivity index (χ3v) is 3.69. The smallest absolute Gasteiger partial charge is 0.0234 e.